The number of hydrogen-bond donors (Lipinski definition) is 0. The molecule has 0 aromatic carbocycles. The summed E-state index contributed by atoms with van der Waals surface area (Å²) in [4.78, 5) is 13.9. The molecular formula is C13H21NO3. The van der Waals surface area contributed by atoms with Crippen molar-refractivity contribution in [1.82, 2.24) is 4.90 Å². The molecule has 2 bridgehead atoms. The van der Waals surface area contributed by atoms with Gasteiger partial charge in [0.25, 0.3) is 0 Å². The molecule has 0 radical (unpaired) electrons. The molecule has 3 heterocycles. The molecule has 3 unspecified atom stereocenters. The van der Waals surface area contributed by atoms with Gasteiger partial charge in [0.15, 0.2) is 0 Å². The summed E-state index contributed by atoms with van der Waals surface area (Å²) in [5, 5.41) is 0. The summed E-state index contributed by atoms with van der Waals surface area (Å²) in [5.74, 6) is 0. The van der Waals surface area contributed by atoms with Gasteiger partial charge < -0.3 is 14.4 Å². The first kappa shape index (κ1) is 11.3. The van der Waals surface area contributed by atoms with Gasteiger partial charge in [0.05, 0.1) is 12.2 Å². The summed E-state index contributed by atoms with van der Waals surface area (Å²) in [7, 11) is 0. The third kappa shape index (κ3) is 2.03. The monoisotopic (exact) mass is 239 g/mol. The topological polar surface area (TPSA) is 38.8 Å². The van der Waals surface area contributed by atoms with Crippen molar-refractivity contribution in [1.29, 1.82) is 0 Å². The maximum absolute atomic E-state index is 12.1. The van der Waals surface area contributed by atoms with Crippen LogP contribution in [0.2, 0.25) is 0 Å². The van der Waals surface area contributed by atoms with E-state index in [2.05, 4.69) is 0 Å². The van der Waals surface area contributed by atoms with Crippen LogP contribution in [-0.4, -0.2) is 41.9 Å². The number of fused-ring (bicyclic) bond motifs is 2. The molecule has 3 saturated heterocycles. The SMILES string of the molecule is CC1(OC(=O)N2CCCCC2)CC2CCC1O2. The molecular weight excluding hydrogens is 218 g/mol. The van der Waals surface area contributed by atoms with Crippen LogP contribution in [0.4, 0.5) is 4.79 Å². The molecule has 3 aliphatic rings. The van der Waals surface area contributed by atoms with Crippen molar-refractivity contribution in [2.45, 2.75) is 63.3 Å². The van der Waals surface area contributed by atoms with Crippen molar-refractivity contribution in [2.24, 2.45) is 0 Å². The van der Waals surface area contributed by atoms with Crippen LogP contribution in [0.15, 0.2) is 0 Å². The quantitative estimate of drug-likeness (QED) is 0.705. The van der Waals surface area contributed by atoms with Gasteiger partial charge >= 0.3 is 6.09 Å². The molecule has 96 valence electrons. The second-order valence-electron chi connectivity index (χ2n) is 5.76. The van der Waals surface area contributed by atoms with Gasteiger partial charge in [-0.05, 0) is 39.0 Å². The zero-order valence-electron chi connectivity index (χ0n) is 10.5. The van der Waals surface area contributed by atoms with Crippen LogP contribution < -0.4 is 0 Å². The molecule has 3 fully saturated rings. The van der Waals surface area contributed by atoms with E-state index in [9.17, 15) is 4.79 Å². The van der Waals surface area contributed by atoms with E-state index in [0.29, 0.717) is 6.10 Å². The number of likely N-dealkylation sites (tertiary alicyclic amines) is 1. The summed E-state index contributed by atoms with van der Waals surface area (Å²) in [5.41, 5.74) is -0.378. The Morgan fingerprint density at radius 2 is 2.06 bits per heavy atom. The van der Waals surface area contributed by atoms with Gasteiger partial charge in [-0.1, -0.05) is 0 Å². The average Bonchev–Trinajstić information content (AvgIpc) is 2.89. The number of ether oxygens (including phenoxy) is 2. The van der Waals surface area contributed by atoms with Gasteiger partial charge in [-0.15, -0.1) is 0 Å². The molecule has 3 aliphatic heterocycles. The average molecular weight is 239 g/mol. The zero-order chi connectivity index (χ0) is 11.9. The van der Waals surface area contributed by atoms with E-state index >= 15 is 0 Å². The summed E-state index contributed by atoms with van der Waals surface area (Å²) in [6.45, 7) is 3.73. The lowest BCUT2D eigenvalue weighted by atomic mass is 9.86. The van der Waals surface area contributed by atoms with Crippen molar-refractivity contribution in [3.05, 3.63) is 0 Å². The van der Waals surface area contributed by atoms with Crippen LogP contribution >= 0.6 is 0 Å². The largest absolute Gasteiger partial charge is 0.440 e. The molecule has 0 aliphatic carbocycles. The van der Waals surface area contributed by atoms with Gasteiger partial charge in [0.1, 0.15) is 5.60 Å². The highest BCUT2D eigenvalue weighted by Gasteiger charge is 2.52. The van der Waals surface area contributed by atoms with E-state index < -0.39 is 0 Å². The fourth-order valence-corrected chi connectivity index (χ4v) is 3.34. The molecule has 17 heavy (non-hydrogen) atoms. The van der Waals surface area contributed by atoms with E-state index in [0.717, 1.165) is 45.2 Å². The van der Waals surface area contributed by atoms with Crippen molar-refractivity contribution < 1.29 is 14.3 Å². The Hall–Kier alpha value is -0.770. The molecule has 3 atom stereocenters. The Labute approximate surface area is 102 Å². The molecule has 4 nitrogen and oxygen atoms in total. The van der Waals surface area contributed by atoms with Gasteiger partial charge in [-0.25, -0.2) is 4.79 Å². The number of carbonyl (C=O) groups excluding carboxylic acids is 1. The highest BCUT2D eigenvalue weighted by atomic mass is 16.6. The lowest BCUT2D eigenvalue weighted by molar-refractivity contribution is -0.0438. The smallest absolute Gasteiger partial charge is 0.410 e. The molecule has 1 amide bonds. The third-order valence-electron chi connectivity index (χ3n) is 4.36. The molecule has 4 heteroatoms. The number of hydrogen-bond acceptors (Lipinski definition) is 3. The Balaban J connectivity index is 1.60. The fraction of sp³-hybridized carbons (Fsp3) is 0.923. The predicted octanol–water partition coefficient (Wildman–Crippen LogP) is 2.32. The van der Waals surface area contributed by atoms with E-state index in [4.69, 9.17) is 9.47 Å². The van der Waals surface area contributed by atoms with Crippen molar-refractivity contribution in [3.63, 3.8) is 0 Å². The molecule has 0 aromatic rings. The minimum Gasteiger partial charge on any atom is -0.440 e. The van der Waals surface area contributed by atoms with Crippen molar-refractivity contribution in [2.75, 3.05) is 13.1 Å². The van der Waals surface area contributed by atoms with Gasteiger partial charge in [0, 0.05) is 19.5 Å². The second-order valence-corrected chi connectivity index (χ2v) is 5.76. The normalized spacial score (nSPS) is 40.6. The lowest BCUT2D eigenvalue weighted by Gasteiger charge is -2.34. The van der Waals surface area contributed by atoms with Crippen molar-refractivity contribution >= 4 is 6.09 Å². The fourth-order valence-electron chi connectivity index (χ4n) is 3.34. The van der Waals surface area contributed by atoms with Crippen molar-refractivity contribution in [3.8, 4) is 0 Å². The highest BCUT2D eigenvalue weighted by molar-refractivity contribution is 5.68. The first-order valence-electron chi connectivity index (χ1n) is 6.81. The van der Waals surface area contributed by atoms with Crippen LogP contribution in [0, 0.1) is 0 Å². The summed E-state index contributed by atoms with van der Waals surface area (Å²) < 4.78 is 11.5. The summed E-state index contributed by atoms with van der Waals surface area (Å²) in [6, 6.07) is 0. The third-order valence-corrected chi connectivity index (χ3v) is 4.36. The first-order valence-corrected chi connectivity index (χ1v) is 6.81. The van der Waals surface area contributed by atoms with Gasteiger partial charge in [-0.3, -0.25) is 0 Å². The number of nitrogens with zero attached hydrogens (tertiary/aromatic N) is 1. The van der Waals surface area contributed by atoms with E-state index in [1.807, 2.05) is 11.8 Å². The van der Waals surface area contributed by atoms with E-state index in [-0.39, 0.29) is 17.8 Å². The van der Waals surface area contributed by atoms with Gasteiger partial charge in [-0.2, -0.15) is 0 Å². The summed E-state index contributed by atoms with van der Waals surface area (Å²) >= 11 is 0. The number of amides is 1. The zero-order valence-corrected chi connectivity index (χ0v) is 10.5. The van der Waals surface area contributed by atoms with Gasteiger partial charge in [0.2, 0.25) is 0 Å². The standard InChI is InChI=1S/C13H21NO3/c1-13(9-10-5-6-11(13)16-10)17-12(15)14-7-3-2-4-8-14/h10-11H,2-9H2,1H3. The minimum absolute atomic E-state index is 0.126. The Morgan fingerprint density at radius 3 is 2.65 bits per heavy atom. The molecule has 3 rings (SSSR count). The minimum atomic E-state index is -0.378. The predicted molar refractivity (Wildman–Crippen MR) is 62.8 cm³/mol. The maximum atomic E-state index is 12.1. The highest BCUT2D eigenvalue weighted by Crippen LogP contribution is 2.44. The first-order chi connectivity index (χ1) is 8.17. The van der Waals surface area contributed by atoms with Crippen LogP contribution in [0.1, 0.15) is 45.4 Å². The van der Waals surface area contributed by atoms with E-state index in [1.54, 1.807) is 0 Å². The Morgan fingerprint density at radius 1 is 1.29 bits per heavy atom. The number of carbonyl (C=O) groups is 1. The maximum Gasteiger partial charge on any atom is 0.410 e. The molecule has 0 N–H and O–H groups in total. The Bertz CT molecular complexity index is 314. The van der Waals surface area contributed by atoms with Crippen LogP contribution in [0.5, 0.6) is 0 Å². The molecule has 0 spiro atoms. The lowest BCUT2D eigenvalue weighted by Crippen LogP contribution is -2.46. The van der Waals surface area contributed by atoms with Crippen LogP contribution in [-0.2, 0) is 9.47 Å². The number of rotatable bonds is 1. The summed E-state index contributed by atoms with van der Waals surface area (Å²) in [6.07, 6.45) is 6.79. The second kappa shape index (κ2) is 4.16. The molecule has 0 aromatic heterocycles. The van der Waals surface area contributed by atoms with Crippen LogP contribution in [0.3, 0.4) is 0 Å². The Kier molecular flexibility index (Phi) is 2.77. The number of piperidine rings is 1. The van der Waals surface area contributed by atoms with Crippen LogP contribution in [0.25, 0.3) is 0 Å². The van der Waals surface area contributed by atoms with E-state index in [1.165, 1.54) is 6.42 Å². The molecule has 0 saturated carbocycles.